The number of aromatic amines is 1. The molecular formula is C18H18ClN7O3. The van der Waals surface area contributed by atoms with E-state index in [-0.39, 0.29) is 30.5 Å². The van der Waals surface area contributed by atoms with Gasteiger partial charge in [-0.05, 0) is 22.6 Å². The van der Waals surface area contributed by atoms with E-state index in [9.17, 15) is 9.59 Å². The number of tetrazole rings is 1. The van der Waals surface area contributed by atoms with Crippen molar-refractivity contribution in [3.05, 3.63) is 41.3 Å². The molecule has 2 atom stereocenters. The lowest BCUT2D eigenvalue weighted by atomic mass is 10.1. The quantitative estimate of drug-likeness (QED) is 0.669. The van der Waals surface area contributed by atoms with Crippen molar-refractivity contribution in [3.8, 4) is 0 Å². The molecule has 1 N–H and O–H groups in total. The van der Waals surface area contributed by atoms with E-state index in [0.717, 1.165) is 5.52 Å². The number of hydrogen-bond acceptors (Lipinski definition) is 6. The Labute approximate surface area is 170 Å². The molecule has 2 aliphatic heterocycles. The molecule has 0 aliphatic carbocycles. The number of morpholine rings is 1. The minimum Gasteiger partial charge on any atom is -0.372 e. The summed E-state index contributed by atoms with van der Waals surface area (Å²) in [5.41, 5.74) is 1.35. The number of carbonyl (C=O) groups is 2. The highest BCUT2D eigenvalue weighted by molar-refractivity contribution is 6.36. The Morgan fingerprint density at radius 2 is 2.21 bits per heavy atom. The van der Waals surface area contributed by atoms with E-state index in [1.807, 2.05) is 12.1 Å². The Morgan fingerprint density at radius 3 is 3.03 bits per heavy atom. The van der Waals surface area contributed by atoms with Crippen LogP contribution in [0, 0.1) is 0 Å². The summed E-state index contributed by atoms with van der Waals surface area (Å²) in [4.78, 5) is 32.6. The lowest BCUT2D eigenvalue weighted by Gasteiger charge is -2.36. The van der Waals surface area contributed by atoms with Crippen LogP contribution in [0.4, 0.5) is 0 Å². The van der Waals surface area contributed by atoms with Crippen LogP contribution in [-0.4, -0.2) is 85.2 Å². The normalized spacial score (nSPS) is 21.6. The van der Waals surface area contributed by atoms with Crippen molar-refractivity contribution >= 4 is 34.3 Å². The van der Waals surface area contributed by atoms with E-state index in [1.54, 1.807) is 22.1 Å². The molecule has 2 aliphatic rings. The van der Waals surface area contributed by atoms with Crippen LogP contribution < -0.4 is 0 Å². The van der Waals surface area contributed by atoms with Crippen LogP contribution >= 0.6 is 11.6 Å². The number of nitrogens with zero attached hydrogens (tertiary/aromatic N) is 6. The number of fused-ring (bicyclic) bond motifs is 2. The highest BCUT2D eigenvalue weighted by Crippen LogP contribution is 2.30. The number of nitrogens with one attached hydrogen (secondary N) is 1. The first-order valence-electron chi connectivity index (χ1n) is 9.28. The third kappa shape index (κ3) is 3.14. The first-order chi connectivity index (χ1) is 14.1. The van der Waals surface area contributed by atoms with Crippen LogP contribution in [0.2, 0.25) is 5.02 Å². The Bertz CT molecular complexity index is 1070. The third-order valence-electron chi connectivity index (χ3n) is 5.49. The average Bonchev–Trinajstić information content (AvgIpc) is 3.46. The van der Waals surface area contributed by atoms with E-state index in [1.165, 1.54) is 11.0 Å². The lowest BCUT2D eigenvalue weighted by Crippen LogP contribution is -2.53. The van der Waals surface area contributed by atoms with Crippen LogP contribution in [0.25, 0.3) is 10.9 Å². The van der Waals surface area contributed by atoms with E-state index < -0.39 is 0 Å². The molecule has 2 saturated heterocycles. The van der Waals surface area contributed by atoms with E-state index in [2.05, 4.69) is 20.5 Å². The summed E-state index contributed by atoms with van der Waals surface area (Å²) in [6.45, 7) is 1.79. The van der Waals surface area contributed by atoms with Crippen molar-refractivity contribution < 1.29 is 14.3 Å². The fourth-order valence-electron chi connectivity index (χ4n) is 4.10. The molecule has 0 unspecified atom stereocenters. The zero-order valence-corrected chi connectivity index (χ0v) is 16.1. The van der Waals surface area contributed by atoms with Gasteiger partial charge in [0.05, 0.1) is 29.3 Å². The molecule has 11 heteroatoms. The minimum atomic E-state index is -0.216. The largest absolute Gasteiger partial charge is 0.372 e. The number of H-pyrrole nitrogens is 1. The van der Waals surface area contributed by atoms with Crippen molar-refractivity contribution in [1.29, 1.82) is 0 Å². The molecule has 29 heavy (non-hydrogen) atoms. The molecular weight excluding hydrogens is 398 g/mol. The zero-order valence-electron chi connectivity index (χ0n) is 15.4. The van der Waals surface area contributed by atoms with E-state index in [4.69, 9.17) is 16.3 Å². The predicted molar refractivity (Wildman–Crippen MR) is 102 cm³/mol. The molecule has 0 radical (unpaired) electrons. The highest BCUT2D eigenvalue weighted by Gasteiger charge is 2.44. The number of rotatable bonds is 3. The summed E-state index contributed by atoms with van der Waals surface area (Å²) in [6.07, 6.45) is 2.87. The number of aromatic nitrogens is 5. The highest BCUT2D eigenvalue weighted by atomic mass is 35.5. The van der Waals surface area contributed by atoms with Crippen molar-refractivity contribution in [2.45, 2.75) is 18.7 Å². The zero-order chi connectivity index (χ0) is 20.0. The van der Waals surface area contributed by atoms with Gasteiger partial charge in [0, 0.05) is 36.7 Å². The van der Waals surface area contributed by atoms with Crippen LogP contribution in [-0.2, 0) is 16.1 Å². The molecule has 3 aromatic rings. The summed E-state index contributed by atoms with van der Waals surface area (Å²) in [5, 5.41) is 12.1. The molecule has 0 bridgehead atoms. The fourth-order valence-corrected chi connectivity index (χ4v) is 4.38. The Hall–Kier alpha value is -2.98. The third-order valence-corrected chi connectivity index (χ3v) is 5.80. The number of ether oxygens (including phenoxy) is 1. The maximum atomic E-state index is 13.4. The van der Waals surface area contributed by atoms with Gasteiger partial charge in [-0.15, -0.1) is 5.10 Å². The molecule has 0 saturated carbocycles. The SMILES string of the molecule is O=C(Cn1cnnn1)N1C[C@@H]2[C@@H](C1)OCCN2C(=O)c1c[nH]c2cccc(Cl)c12. The number of benzene rings is 1. The van der Waals surface area contributed by atoms with Crippen molar-refractivity contribution in [3.63, 3.8) is 0 Å². The smallest absolute Gasteiger partial charge is 0.256 e. The maximum Gasteiger partial charge on any atom is 0.256 e. The Balaban J connectivity index is 1.37. The van der Waals surface area contributed by atoms with Crippen LogP contribution in [0.3, 0.4) is 0 Å². The van der Waals surface area contributed by atoms with Gasteiger partial charge in [-0.3, -0.25) is 9.59 Å². The van der Waals surface area contributed by atoms with Crippen LogP contribution in [0.1, 0.15) is 10.4 Å². The molecule has 2 amide bonds. The first-order valence-corrected chi connectivity index (χ1v) is 9.66. The molecule has 5 rings (SSSR count). The van der Waals surface area contributed by atoms with Gasteiger partial charge < -0.3 is 19.5 Å². The summed E-state index contributed by atoms with van der Waals surface area (Å²) in [7, 11) is 0. The second-order valence-electron chi connectivity index (χ2n) is 7.15. The summed E-state index contributed by atoms with van der Waals surface area (Å²) in [6, 6.07) is 5.29. The second kappa shape index (κ2) is 7.12. The van der Waals surface area contributed by atoms with Gasteiger partial charge >= 0.3 is 0 Å². The summed E-state index contributed by atoms with van der Waals surface area (Å²) < 4.78 is 7.23. The van der Waals surface area contributed by atoms with Gasteiger partial charge in [0.2, 0.25) is 5.91 Å². The van der Waals surface area contributed by atoms with E-state index in [0.29, 0.717) is 42.2 Å². The van der Waals surface area contributed by atoms with Gasteiger partial charge in [-0.25, -0.2) is 4.68 Å². The van der Waals surface area contributed by atoms with Gasteiger partial charge in [0.25, 0.3) is 5.91 Å². The Morgan fingerprint density at radius 1 is 1.31 bits per heavy atom. The number of likely N-dealkylation sites (tertiary alicyclic amines) is 1. The van der Waals surface area contributed by atoms with Crippen molar-refractivity contribution in [2.75, 3.05) is 26.2 Å². The molecule has 150 valence electrons. The van der Waals surface area contributed by atoms with Crippen molar-refractivity contribution in [2.24, 2.45) is 0 Å². The average molecular weight is 416 g/mol. The molecule has 0 spiro atoms. The molecule has 2 aromatic heterocycles. The fraction of sp³-hybridized carbons (Fsp3) is 0.389. The Kier molecular flexibility index (Phi) is 4.44. The van der Waals surface area contributed by atoms with E-state index >= 15 is 0 Å². The molecule has 2 fully saturated rings. The van der Waals surface area contributed by atoms with Gasteiger partial charge in [0.1, 0.15) is 12.9 Å². The number of hydrogen-bond donors (Lipinski definition) is 1. The topological polar surface area (TPSA) is 109 Å². The van der Waals surface area contributed by atoms with Gasteiger partial charge in [0.15, 0.2) is 0 Å². The number of carbonyl (C=O) groups excluding carboxylic acids is 2. The van der Waals surface area contributed by atoms with Gasteiger partial charge in [-0.1, -0.05) is 17.7 Å². The van der Waals surface area contributed by atoms with Gasteiger partial charge in [-0.2, -0.15) is 0 Å². The van der Waals surface area contributed by atoms with Crippen LogP contribution in [0.15, 0.2) is 30.7 Å². The molecule has 4 heterocycles. The van der Waals surface area contributed by atoms with Crippen molar-refractivity contribution in [1.82, 2.24) is 35.0 Å². The minimum absolute atomic E-state index is 0.0540. The summed E-state index contributed by atoms with van der Waals surface area (Å²) in [5.74, 6) is -0.227. The molecule has 1 aromatic carbocycles. The second-order valence-corrected chi connectivity index (χ2v) is 7.55. The maximum absolute atomic E-state index is 13.4. The van der Waals surface area contributed by atoms with Crippen LogP contribution in [0.5, 0.6) is 0 Å². The lowest BCUT2D eigenvalue weighted by molar-refractivity contribution is -0.131. The first kappa shape index (κ1) is 18.1. The molecule has 10 nitrogen and oxygen atoms in total. The summed E-state index contributed by atoms with van der Waals surface area (Å²) >= 11 is 6.34. The standard InChI is InChI=1S/C18H18ClN7O3/c19-12-2-1-3-13-17(12)11(6-20-13)18(28)26-4-5-29-15-8-24(7-14(15)26)16(27)9-25-10-21-22-23-25/h1-3,6,10,14-15,20H,4-5,7-9H2/t14-,15-/m1/s1. The number of amides is 2. The number of halogens is 1. The monoisotopic (exact) mass is 415 g/mol. The predicted octanol–water partition coefficient (Wildman–Crippen LogP) is 0.560.